The Kier molecular flexibility index (Phi) is 6.97. The largest absolute Gasteiger partial charge is 0.469 e. The van der Waals surface area contributed by atoms with Crippen molar-refractivity contribution in [2.75, 3.05) is 26.7 Å². The summed E-state index contributed by atoms with van der Waals surface area (Å²) in [6.45, 7) is 5.25. The van der Waals surface area contributed by atoms with Crippen LogP contribution in [0.5, 0.6) is 0 Å². The Balaban J connectivity index is 1.47. The molecule has 8 nitrogen and oxygen atoms in total. The highest BCUT2D eigenvalue weighted by atomic mass is 16.5. The van der Waals surface area contributed by atoms with Crippen LogP contribution in [0.4, 0.5) is 0 Å². The number of nitrogens with zero attached hydrogens (tertiary/aromatic N) is 1. The van der Waals surface area contributed by atoms with E-state index in [1.807, 2.05) is 12.1 Å². The van der Waals surface area contributed by atoms with E-state index in [1.54, 1.807) is 25.0 Å². The molecular formula is C22H29N3O5. The zero-order valence-electron chi connectivity index (χ0n) is 17.7. The van der Waals surface area contributed by atoms with Crippen molar-refractivity contribution in [2.24, 2.45) is 5.92 Å². The molecule has 0 radical (unpaired) electrons. The minimum atomic E-state index is -0.447. The number of hydrogen-bond donors (Lipinski definition) is 2. The summed E-state index contributed by atoms with van der Waals surface area (Å²) in [5.74, 6) is 0.580. The monoisotopic (exact) mass is 415 g/mol. The average molecular weight is 415 g/mol. The van der Waals surface area contributed by atoms with Crippen LogP contribution in [0.3, 0.4) is 0 Å². The van der Waals surface area contributed by atoms with Crippen molar-refractivity contribution < 1.29 is 23.5 Å². The van der Waals surface area contributed by atoms with Gasteiger partial charge in [0.1, 0.15) is 11.5 Å². The number of furan rings is 1. The number of H-pyrrole nitrogens is 1. The Bertz CT molecular complexity index is 892. The third kappa shape index (κ3) is 4.93. The van der Waals surface area contributed by atoms with E-state index in [0.717, 1.165) is 18.6 Å². The van der Waals surface area contributed by atoms with E-state index >= 15 is 0 Å². The van der Waals surface area contributed by atoms with Crippen molar-refractivity contribution >= 4 is 17.8 Å². The fourth-order valence-electron chi connectivity index (χ4n) is 3.98. The Morgan fingerprint density at radius 2 is 2.00 bits per heavy atom. The van der Waals surface area contributed by atoms with E-state index in [4.69, 9.17) is 9.15 Å². The van der Waals surface area contributed by atoms with Crippen LogP contribution in [0.25, 0.3) is 0 Å². The van der Waals surface area contributed by atoms with Crippen LogP contribution in [0, 0.1) is 19.8 Å². The molecule has 1 saturated heterocycles. The van der Waals surface area contributed by atoms with Crippen LogP contribution in [-0.4, -0.2) is 54.4 Å². The topological polar surface area (TPSA) is 105 Å². The summed E-state index contributed by atoms with van der Waals surface area (Å²) in [4.78, 5) is 41.9. The van der Waals surface area contributed by atoms with Gasteiger partial charge in [-0.2, -0.15) is 0 Å². The molecule has 1 aliphatic rings. The summed E-state index contributed by atoms with van der Waals surface area (Å²) >= 11 is 0. The Morgan fingerprint density at radius 1 is 1.27 bits per heavy atom. The van der Waals surface area contributed by atoms with Crippen LogP contribution in [0.15, 0.2) is 22.8 Å². The smallest absolute Gasteiger partial charge is 0.339 e. The molecule has 0 saturated carbocycles. The second kappa shape index (κ2) is 9.65. The SMILES string of the molecule is COC(=O)c1c(C)[nH]c(C(=O)N2CCC(CC(=O)NCCc3ccco3)CC2)c1C. The van der Waals surface area contributed by atoms with Gasteiger partial charge in [0.05, 0.1) is 18.9 Å². The molecule has 0 atom stereocenters. The first-order valence-electron chi connectivity index (χ1n) is 10.3. The molecule has 0 unspecified atom stereocenters. The summed E-state index contributed by atoms with van der Waals surface area (Å²) in [6, 6.07) is 3.72. The van der Waals surface area contributed by atoms with Gasteiger partial charge in [-0.3, -0.25) is 9.59 Å². The molecule has 3 heterocycles. The molecule has 8 heteroatoms. The van der Waals surface area contributed by atoms with Crippen molar-refractivity contribution in [2.45, 2.75) is 39.5 Å². The van der Waals surface area contributed by atoms with Gasteiger partial charge in [-0.1, -0.05) is 0 Å². The number of esters is 1. The maximum absolute atomic E-state index is 12.9. The molecule has 2 N–H and O–H groups in total. The summed E-state index contributed by atoms with van der Waals surface area (Å²) in [5.41, 5.74) is 2.09. The van der Waals surface area contributed by atoms with Gasteiger partial charge in [0.15, 0.2) is 0 Å². The number of likely N-dealkylation sites (tertiary alicyclic amines) is 1. The number of methoxy groups -OCH3 is 1. The third-order valence-electron chi connectivity index (χ3n) is 5.69. The number of ether oxygens (including phenoxy) is 1. The van der Waals surface area contributed by atoms with Gasteiger partial charge in [-0.05, 0) is 50.3 Å². The second-order valence-corrected chi connectivity index (χ2v) is 7.74. The molecule has 0 aromatic carbocycles. The van der Waals surface area contributed by atoms with E-state index in [9.17, 15) is 14.4 Å². The highest BCUT2D eigenvalue weighted by molar-refractivity contribution is 6.00. The first kappa shape index (κ1) is 21.7. The molecule has 0 spiro atoms. The van der Waals surface area contributed by atoms with Crippen LogP contribution in [0.2, 0.25) is 0 Å². The predicted octanol–water partition coefficient (Wildman–Crippen LogP) is 2.61. The summed E-state index contributed by atoms with van der Waals surface area (Å²) in [7, 11) is 1.33. The Morgan fingerprint density at radius 3 is 2.63 bits per heavy atom. The number of nitrogens with one attached hydrogen (secondary N) is 2. The molecule has 30 heavy (non-hydrogen) atoms. The average Bonchev–Trinajstić information content (AvgIpc) is 3.35. The fraction of sp³-hybridized carbons (Fsp3) is 0.500. The molecule has 1 fully saturated rings. The van der Waals surface area contributed by atoms with Crippen LogP contribution < -0.4 is 5.32 Å². The molecule has 2 aromatic heterocycles. The van der Waals surface area contributed by atoms with E-state index in [-0.39, 0.29) is 17.7 Å². The number of aromatic amines is 1. The number of aryl methyl sites for hydroxylation is 1. The molecule has 2 amide bonds. The Labute approximate surface area is 176 Å². The van der Waals surface area contributed by atoms with Crippen LogP contribution >= 0.6 is 0 Å². The van der Waals surface area contributed by atoms with Gasteiger partial charge in [-0.15, -0.1) is 0 Å². The fourth-order valence-corrected chi connectivity index (χ4v) is 3.98. The number of piperidine rings is 1. The number of amides is 2. The van der Waals surface area contributed by atoms with E-state index in [2.05, 4.69) is 10.3 Å². The lowest BCUT2D eigenvalue weighted by Gasteiger charge is -2.31. The predicted molar refractivity (Wildman–Crippen MR) is 110 cm³/mol. The summed E-state index contributed by atoms with van der Waals surface area (Å²) in [6.07, 6.45) is 4.32. The molecule has 0 aliphatic carbocycles. The summed E-state index contributed by atoms with van der Waals surface area (Å²) in [5, 5.41) is 2.93. The molecule has 2 aromatic rings. The lowest BCUT2D eigenvalue weighted by atomic mass is 9.93. The number of rotatable bonds is 7. The quantitative estimate of drug-likeness (QED) is 0.677. The first-order valence-corrected chi connectivity index (χ1v) is 10.3. The Hall–Kier alpha value is -3.03. The van der Waals surface area contributed by atoms with Gasteiger partial charge >= 0.3 is 5.97 Å². The number of carbonyl (C=O) groups excluding carboxylic acids is 3. The van der Waals surface area contributed by atoms with E-state index < -0.39 is 5.97 Å². The maximum Gasteiger partial charge on any atom is 0.339 e. The zero-order chi connectivity index (χ0) is 21.7. The lowest BCUT2D eigenvalue weighted by molar-refractivity contribution is -0.122. The minimum Gasteiger partial charge on any atom is -0.469 e. The molecule has 3 rings (SSSR count). The van der Waals surface area contributed by atoms with Gasteiger partial charge in [0.2, 0.25) is 5.91 Å². The van der Waals surface area contributed by atoms with Crippen molar-refractivity contribution in [3.8, 4) is 0 Å². The second-order valence-electron chi connectivity index (χ2n) is 7.74. The zero-order valence-corrected chi connectivity index (χ0v) is 17.7. The van der Waals surface area contributed by atoms with Gasteiger partial charge in [-0.25, -0.2) is 4.79 Å². The van der Waals surface area contributed by atoms with Crippen LogP contribution in [-0.2, 0) is 16.0 Å². The molecule has 162 valence electrons. The van der Waals surface area contributed by atoms with Crippen LogP contribution in [0.1, 0.15) is 57.1 Å². The first-order chi connectivity index (χ1) is 14.4. The van der Waals surface area contributed by atoms with Crippen molar-refractivity contribution in [3.05, 3.63) is 46.7 Å². The highest BCUT2D eigenvalue weighted by Gasteiger charge is 2.29. The number of hydrogen-bond acceptors (Lipinski definition) is 5. The van der Waals surface area contributed by atoms with Crippen molar-refractivity contribution in [3.63, 3.8) is 0 Å². The van der Waals surface area contributed by atoms with Crippen molar-refractivity contribution in [1.82, 2.24) is 15.2 Å². The van der Waals surface area contributed by atoms with Crippen molar-refractivity contribution in [1.29, 1.82) is 0 Å². The minimum absolute atomic E-state index is 0.0323. The van der Waals surface area contributed by atoms with E-state index in [1.165, 1.54) is 7.11 Å². The number of aromatic nitrogens is 1. The molecular weight excluding hydrogens is 386 g/mol. The van der Waals surface area contributed by atoms with Gasteiger partial charge < -0.3 is 24.4 Å². The lowest BCUT2D eigenvalue weighted by Crippen LogP contribution is -2.40. The molecule has 0 bridgehead atoms. The maximum atomic E-state index is 12.9. The number of carbonyl (C=O) groups is 3. The highest BCUT2D eigenvalue weighted by Crippen LogP contribution is 2.25. The van der Waals surface area contributed by atoms with Gasteiger partial charge in [0.25, 0.3) is 5.91 Å². The standard InChI is InChI=1S/C22H29N3O5/c1-14-19(22(28)29-3)15(2)24-20(14)21(27)25-10-7-16(8-11-25)13-18(26)23-9-6-17-5-4-12-30-17/h4-5,12,16,24H,6-11,13H2,1-3H3,(H,23,26). The normalized spacial score (nSPS) is 14.6. The summed E-state index contributed by atoms with van der Waals surface area (Å²) < 4.78 is 10.1. The van der Waals surface area contributed by atoms with Gasteiger partial charge in [0, 0.05) is 38.2 Å². The van der Waals surface area contributed by atoms with E-state index in [0.29, 0.717) is 55.0 Å². The third-order valence-corrected chi connectivity index (χ3v) is 5.69. The molecule has 1 aliphatic heterocycles.